The van der Waals surface area contributed by atoms with Crippen molar-refractivity contribution in [1.82, 2.24) is 19.5 Å². The molecule has 8 nitrogen and oxygen atoms in total. The largest absolute Gasteiger partial charge is 0.497 e. The van der Waals surface area contributed by atoms with Crippen molar-refractivity contribution in [3.8, 4) is 5.75 Å². The highest BCUT2D eigenvalue weighted by atomic mass is 79.9. The third kappa shape index (κ3) is 4.67. The van der Waals surface area contributed by atoms with Crippen LogP contribution in [-0.2, 0) is 22.4 Å². The molecule has 1 saturated heterocycles. The lowest BCUT2D eigenvalue weighted by Crippen LogP contribution is -2.32. The Labute approximate surface area is 269 Å². The van der Waals surface area contributed by atoms with Crippen LogP contribution in [0.15, 0.2) is 71.6 Å². The average Bonchev–Trinajstić information content (AvgIpc) is 3.26. The second-order valence-corrected chi connectivity index (χ2v) is 13.9. The normalized spacial score (nSPS) is 26.6. The van der Waals surface area contributed by atoms with Crippen molar-refractivity contribution in [2.75, 3.05) is 12.4 Å². The summed E-state index contributed by atoms with van der Waals surface area (Å²) in [6.07, 6.45) is 6.69. The molecular formula is C34H33BrClN5O3. The fraction of sp³-hybridized carbons (Fsp3) is 0.382. The van der Waals surface area contributed by atoms with Gasteiger partial charge in [0.1, 0.15) is 34.8 Å². The number of aromatic nitrogens is 4. The number of anilines is 1. The summed E-state index contributed by atoms with van der Waals surface area (Å²) in [5, 5.41) is 5.94. The molecule has 8 rings (SSSR count). The summed E-state index contributed by atoms with van der Waals surface area (Å²) in [6.45, 7) is 4.71. The van der Waals surface area contributed by atoms with Crippen LogP contribution in [0.25, 0.3) is 21.9 Å². The maximum atomic E-state index is 6.63. The van der Waals surface area contributed by atoms with Crippen molar-refractivity contribution in [2.24, 2.45) is 11.3 Å². The standard InChI is InChI=1S/C34H33BrClN5O3/c1-33(2)43-28-27(41-13-11-23-30(36)38-18-39-32(23)41)24-16-34(24,29(28)44-33)12-10-19-4-7-21-15-25(35)31(40-26(21)14-19)37-17-20-5-8-22(42-3)9-6-20/h4-9,11,13-15,18,24,27-29H,10,12,16-17H2,1-3H3,(H,37,40)/t24-,27+,28+,29-,34+/m0/s1. The number of rotatable bonds is 8. The topological polar surface area (TPSA) is 83.3 Å². The lowest BCUT2D eigenvalue weighted by atomic mass is 9.91. The van der Waals surface area contributed by atoms with Crippen LogP contribution in [0.4, 0.5) is 5.82 Å². The number of ether oxygens (including phenoxy) is 3. The first kappa shape index (κ1) is 28.2. The van der Waals surface area contributed by atoms with E-state index in [9.17, 15) is 0 Å². The van der Waals surface area contributed by atoms with Crippen LogP contribution in [0.1, 0.15) is 43.9 Å². The molecule has 2 saturated carbocycles. The highest BCUT2D eigenvalue weighted by Gasteiger charge is 2.75. The molecule has 5 atom stereocenters. The van der Waals surface area contributed by atoms with E-state index in [4.69, 9.17) is 30.8 Å². The van der Waals surface area contributed by atoms with E-state index in [0.29, 0.717) is 17.6 Å². The highest BCUT2D eigenvalue weighted by molar-refractivity contribution is 9.10. The van der Waals surface area contributed by atoms with Gasteiger partial charge < -0.3 is 24.1 Å². The van der Waals surface area contributed by atoms with Crippen molar-refractivity contribution in [2.45, 2.75) is 63.7 Å². The fourth-order valence-electron chi connectivity index (χ4n) is 7.59. The number of benzene rings is 2. The zero-order chi connectivity index (χ0) is 30.2. The quantitative estimate of drug-likeness (QED) is 0.169. The van der Waals surface area contributed by atoms with Crippen molar-refractivity contribution < 1.29 is 14.2 Å². The van der Waals surface area contributed by atoms with Gasteiger partial charge in [-0.3, -0.25) is 0 Å². The lowest BCUT2D eigenvalue weighted by molar-refractivity contribution is -0.161. The molecule has 3 aromatic heterocycles. The Morgan fingerprint density at radius 1 is 1.07 bits per heavy atom. The number of fused-ring (bicyclic) bond motifs is 5. The molecule has 10 heteroatoms. The van der Waals surface area contributed by atoms with Crippen LogP contribution in [0.3, 0.4) is 0 Å². The number of hydrogen-bond acceptors (Lipinski definition) is 7. The van der Waals surface area contributed by atoms with Crippen LogP contribution in [0.2, 0.25) is 5.15 Å². The minimum atomic E-state index is -0.626. The number of pyridine rings is 1. The zero-order valence-electron chi connectivity index (χ0n) is 24.8. The number of aryl methyl sites for hydroxylation is 1. The molecule has 1 N–H and O–H groups in total. The van der Waals surface area contributed by atoms with Gasteiger partial charge in [-0.05, 0) is 96.4 Å². The molecule has 2 aliphatic carbocycles. The van der Waals surface area contributed by atoms with Crippen molar-refractivity contribution in [3.05, 3.63) is 87.9 Å². The van der Waals surface area contributed by atoms with E-state index in [1.165, 1.54) is 11.9 Å². The minimum Gasteiger partial charge on any atom is -0.497 e. The van der Waals surface area contributed by atoms with Gasteiger partial charge in [0.15, 0.2) is 5.79 Å². The molecule has 5 aromatic rings. The first-order valence-electron chi connectivity index (χ1n) is 15.0. The lowest BCUT2D eigenvalue weighted by Gasteiger charge is -2.24. The van der Waals surface area contributed by atoms with E-state index < -0.39 is 5.79 Å². The molecule has 226 valence electrons. The van der Waals surface area contributed by atoms with Crippen molar-refractivity contribution in [1.29, 1.82) is 0 Å². The molecule has 0 radical (unpaired) electrons. The average molecular weight is 675 g/mol. The van der Waals surface area contributed by atoms with E-state index in [1.54, 1.807) is 7.11 Å². The number of nitrogens with zero attached hydrogens (tertiary/aromatic N) is 4. The van der Waals surface area contributed by atoms with E-state index in [2.05, 4.69) is 78.4 Å². The monoisotopic (exact) mass is 673 g/mol. The van der Waals surface area contributed by atoms with Gasteiger partial charge in [0.25, 0.3) is 0 Å². The van der Waals surface area contributed by atoms with E-state index >= 15 is 0 Å². The molecule has 3 fully saturated rings. The van der Waals surface area contributed by atoms with Crippen LogP contribution < -0.4 is 10.1 Å². The van der Waals surface area contributed by atoms with E-state index in [0.717, 1.165) is 62.8 Å². The summed E-state index contributed by atoms with van der Waals surface area (Å²) in [5.74, 6) is 1.50. The second kappa shape index (κ2) is 10.4. The fourth-order valence-corrected chi connectivity index (χ4v) is 8.25. The third-order valence-electron chi connectivity index (χ3n) is 9.74. The number of halogens is 2. The summed E-state index contributed by atoms with van der Waals surface area (Å²) in [6, 6.07) is 19.0. The molecule has 1 aliphatic heterocycles. The Balaban J connectivity index is 1.03. The van der Waals surface area contributed by atoms with Crippen LogP contribution >= 0.6 is 27.5 Å². The van der Waals surface area contributed by atoms with Gasteiger partial charge in [-0.15, -0.1) is 0 Å². The molecule has 2 aromatic carbocycles. The van der Waals surface area contributed by atoms with E-state index in [1.807, 2.05) is 32.0 Å². The van der Waals surface area contributed by atoms with Gasteiger partial charge in [-0.25, -0.2) is 15.0 Å². The van der Waals surface area contributed by atoms with Gasteiger partial charge in [0.2, 0.25) is 0 Å². The molecule has 44 heavy (non-hydrogen) atoms. The Hall–Kier alpha value is -3.24. The van der Waals surface area contributed by atoms with Crippen molar-refractivity contribution in [3.63, 3.8) is 0 Å². The molecule has 0 amide bonds. The summed E-state index contributed by atoms with van der Waals surface area (Å²) >= 11 is 10.1. The van der Waals surface area contributed by atoms with Gasteiger partial charge in [0.05, 0.1) is 34.6 Å². The Morgan fingerprint density at radius 2 is 1.89 bits per heavy atom. The Kier molecular flexibility index (Phi) is 6.68. The molecule has 0 spiro atoms. The van der Waals surface area contributed by atoms with Gasteiger partial charge in [0, 0.05) is 23.5 Å². The third-order valence-corrected chi connectivity index (χ3v) is 10.6. The first-order valence-corrected chi connectivity index (χ1v) is 16.2. The predicted molar refractivity (Wildman–Crippen MR) is 174 cm³/mol. The van der Waals surface area contributed by atoms with Crippen LogP contribution in [0, 0.1) is 11.3 Å². The SMILES string of the molecule is COc1ccc(CNc2nc3cc(CC[C@@]45C[C@H]4[C@@H](n4ccc6c(Cl)ncnc64)[C@H]4OC(C)(C)O[C@@H]45)ccc3cc2Br)cc1. The number of nitrogens with one attached hydrogen (secondary N) is 1. The maximum absolute atomic E-state index is 6.63. The van der Waals surface area contributed by atoms with Gasteiger partial charge >= 0.3 is 0 Å². The Bertz CT molecular complexity index is 1900. The smallest absolute Gasteiger partial charge is 0.163 e. The second-order valence-electron chi connectivity index (χ2n) is 12.7. The van der Waals surface area contributed by atoms with E-state index in [-0.39, 0.29) is 23.7 Å². The Morgan fingerprint density at radius 3 is 2.70 bits per heavy atom. The molecule has 4 heterocycles. The van der Waals surface area contributed by atoms with Gasteiger partial charge in [-0.1, -0.05) is 35.9 Å². The molecule has 0 unspecified atom stereocenters. The maximum Gasteiger partial charge on any atom is 0.163 e. The number of methoxy groups -OCH3 is 1. The van der Waals surface area contributed by atoms with Crippen LogP contribution in [0.5, 0.6) is 5.75 Å². The molecule has 3 aliphatic rings. The molecular weight excluding hydrogens is 642 g/mol. The van der Waals surface area contributed by atoms with Crippen molar-refractivity contribution >= 4 is 55.3 Å². The summed E-state index contributed by atoms with van der Waals surface area (Å²) in [4.78, 5) is 13.8. The zero-order valence-corrected chi connectivity index (χ0v) is 27.1. The first-order chi connectivity index (χ1) is 21.2. The van der Waals surface area contributed by atoms with Gasteiger partial charge in [-0.2, -0.15) is 0 Å². The van der Waals surface area contributed by atoms with Crippen LogP contribution in [-0.4, -0.2) is 44.6 Å². The summed E-state index contributed by atoms with van der Waals surface area (Å²) in [5.41, 5.74) is 4.32. The molecule has 0 bridgehead atoms. The predicted octanol–water partition coefficient (Wildman–Crippen LogP) is 7.73. The summed E-state index contributed by atoms with van der Waals surface area (Å²) in [7, 11) is 1.68. The highest BCUT2D eigenvalue weighted by Crippen LogP contribution is 2.73. The summed E-state index contributed by atoms with van der Waals surface area (Å²) < 4.78 is 21.7. The number of hydrogen-bond donors (Lipinski definition) is 1. The minimum absolute atomic E-state index is 0.0329.